The van der Waals surface area contributed by atoms with Gasteiger partial charge < -0.3 is 14.0 Å². The van der Waals surface area contributed by atoms with E-state index in [0.717, 1.165) is 15.6 Å². The second kappa shape index (κ2) is 7.96. The summed E-state index contributed by atoms with van der Waals surface area (Å²) < 4.78 is 13.6. The van der Waals surface area contributed by atoms with Crippen LogP contribution in [0.15, 0.2) is 65.7 Å². The Morgan fingerprint density at radius 2 is 1.93 bits per heavy atom. The number of fused-ring (bicyclic) bond motifs is 3. The van der Waals surface area contributed by atoms with E-state index in [1.54, 1.807) is 38.5 Å². The zero-order valence-electron chi connectivity index (χ0n) is 15.7. The molecule has 142 valence electrons. The van der Waals surface area contributed by atoms with Crippen molar-refractivity contribution >= 4 is 38.2 Å². The van der Waals surface area contributed by atoms with E-state index in [0.29, 0.717) is 29.3 Å². The summed E-state index contributed by atoms with van der Waals surface area (Å²) in [5.74, 6) is 0.344. The monoisotopic (exact) mass is 392 g/mol. The average molecular weight is 392 g/mol. The van der Waals surface area contributed by atoms with Gasteiger partial charge >= 0.3 is 0 Å². The van der Waals surface area contributed by atoms with Crippen LogP contribution in [0.1, 0.15) is 10.4 Å². The Morgan fingerprint density at radius 1 is 1.07 bits per heavy atom. The lowest BCUT2D eigenvalue weighted by atomic mass is 10.1. The molecule has 1 aromatic heterocycles. The Balaban J connectivity index is 1.89. The van der Waals surface area contributed by atoms with Gasteiger partial charge in [-0.15, -0.1) is 0 Å². The predicted molar refractivity (Wildman–Crippen MR) is 112 cm³/mol. The highest BCUT2D eigenvalue weighted by Crippen LogP contribution is 2.27. The highest BCUT2D eigenvalue weighted by molar-refractivity contribution is 7.17. The van der Waals surface area contributed by atoms with Gasteiger partial charge in [0.1, 0.15) is 5.75 Å². The molecule has 0 bridgehead atoms. The Kier molecular flexibility index (Phi) is 5.23. The van der Waals surface area contributed by atoms with Crippen LogP contribution in [-0.2, 0) is 11.3 Å². The van der Waals surface area contributed by atoms with E-state index in [1.807, 2.05) is 16.7 Å². The largest absolute Gasteiger partial charge is 0.497 e. The first-order valence-corrected chi connectivity index (χ1v) is 9.76. The van der Waals surface area contributed by atoms with Gasteiger partial charge in [-0.1, -0.05) is 47.7 Å². The van der Waals surface area contributed by atoms with Crippen LogP contribution < -0.4 is 9.54 Å². The van der Waals surface area contributed by atoms with Crippen molar-refractivity contribution in [2.75, 3.05) is 20.8 Å². The molecule has 4 aromatic rings. The lowest BCUT2D eigenvalue weighted by Crippen LogP contribution is -2.19. The Bertz CT molecular complexity index is 1220. The lowest BCUT2D eigenvalue weighted by Gasteiger charge is -2.05. The zero-order chi connectivity index (χ0) is 19.5. The summed E-state index contributed by atoms with van der Waals surface area (Å²) in [4.78, 5) is 17.9. The normalized spacial score (nSPS) is 12.0. The van der Waals surface area contributed by atoms with E-state index >= 15 is 0 Å². The second-order valence-electron chi connectivity index (χ2n) is 6.31. The molecule has 0 saturated carbocycles. The Labute approximate surface area is 166 Å². The van der Waals surface area contributed by atoms with Crippen molar-refractivity contribution < 1.29 is 14.3 Å². The molecule has 0 aliphatic heterocycles. The summed E-state index contributed by atoms with van der Waals surface area (Å²) in [5.41, 5.74) is 1.55. The van der Waals surface area contributed by atoms with Gasteiger partial charge in [0.05, 0.1) is 23.9 Å². The third-order valence-electron chi connectivity index (χ3n) is 4.61. The number of amides is 1. The van der Waals surface area contributed by atoms with Crippen molar-refractivity contribution in [2.45, 2.75) is 6.54 Å². The van der Waals surface area contributed by atoms with Crippen LogP contribution in [0.4, 0.5) is 0 Å². The predicted octanol–water partition coefficient (Wildman–Crippen LogP) is 4.25. The minimum atomic E-state index is -0.291. The minimum Gasteiger partial charge on any atom is -0.497 e. The van der Waals surface area contributed by atoms with Crippen LogP contribution in [0.2, 0.25) is 0 Å². The topological polar surface area (TPSA) is 52.8 Å². The molecule has 0 atom stereocenters. The molecular formula is C22H20N2O3S. The fourth-order valence-electron chi connectivity index (χ4n) is 3.19. The maximum absolute atomic E-state index is 12.8. The average Bonchev–Trinajstić information content (AvgIpc) is 3.09. The molecule has 6 heteroatoms. The fraction of sp³-hybridized carbons (Fsp3) is 0.182. The van der Waals surface area contributed by atoms with Crippen LogP contribution in [0, 0.1) is 0 Å². The zero-order valence-corrected chi connectivity index (χ0v) is 16.5. The quantitative estimate of drug-likeness (QED) is 0.510. The second-order valence-corrected chi connectivity index (χ2v) is 7.29. The van der Waals surface area contributed by atoms with Crippen LogP contribution in [0.3, 0.4) is 0 Å². The summed E-state index contributed by atoms with van der Waals surface area (Å²) in [6.07, 6.45) is 0. The molecular weight excluding hydrogens is 372 g/mol. The number of carbonyl (C=O) groups is 1. The maximum atomic E-state index is 12.8. The smallest absolute Gasteiger partial charge is 0.279 e. The van der Waals surface area contributed by atoms with Crippen molar-refractivity contribution in [1.29, 1.82) is 0 Å². The van der Waals surface area contributed by atoms with Gasteiger partial charge in [0.2, 0.25) is 0 Å². The van der Waals surface area contributed by atoms with Gasteiger partial charge in [0, 0.05) is 24.6 Å². The van der Waals surface area contributed by atoms with E-state index < -0.39 is 0 Å². The van der Waals surface area contributed by atoms with Gasteiger partial charge in [-0.3, -0.25) is 4.79 Å². The molecule has 0 aliphatic carbocycles. The van der Waals surface area contributed by atoms with Crippen LogP contribution in [0.5, 0.6) is 5.75 Å². The summed E-state index contributed by atoms with van der Waals surface area (Å²) in [6, 6.07) is 19.5. The van der Waals surface area contributed by atoms with E-state index in [9.17, 15) is 4.79 Å². The SMILES string of the molecule is COCCn1c(=NC(=O)c2cccc(OC)c2)sc2c3ccccc3ccc21. The first-order valence-electron chi connectivity index (χ1n) is 8.94. The molecule has 4 rings (SSSR count). The number of thiazole rings is 1. The summed E-state index contributed by atoms with van der Waals surface area (Å²) in [7, 11) is 3.25. The number of hydrogen-bond donors (Lipinski definition) is 0. The highest BCUT2D eigenvalue weighted by atomic mass is 32.1. The molecule has 1 amide bonds. The van der Waals surface area contributed by atoms with E-state index in [2.05, 4.69) is 29.3 Å². The van der Waals surface area contributed by atoms with Crippen molar-refractivity contribution in [2.24, 2.45) is 4.99 Å². The molecule has 0 N–H and O–H groups in total. The molecule has 0 saturated heterocycles. The van der Waals surface area contributed by atoms with Crippen LogP contribution >= 0.6 is 11.3 Å². The van der Waals surface area contributed by atoms with Crippen molar-refractivity contribution in [3.8, 4) is 5.75 Å². The molecule has 0 fully saturated rings. The lowest BCUT2D eigenvalue weighted by molar-refractivity contribution is 0.0997. The third-order valence-corrected chi connectivity index (χ3v) is 5.73. The molecule has 0 radical (unpaired) electrons. The number of hydrogen-bond acceptors (Lipinski definition) is 4. The van der Waals surface area contributed by atoms with Crippen molar-refractivity contribution in [3.05, 3.63) is 71.0 Å². The maximum Gasteiger partial charge on any atom is 0.279 e. The summed E-state index contributed by atoms with van der Waals surface area (Å²) in [6.45, 7) is 1.16. The first-order chi connectivity index (χ1) is 13.7. The van der Waals surface area contributed by atoms with E-state index in [-0.39, 0.29) is 5.91 Å². The Morgan fingerprint density at radius 3 is 2.75 bits per heavy atom. The number of aromatic nitrogens is 1. The van der Waals surface area contributed by atoms with Gasteiger partial charge in [0.15, 0.2) is 4.80 Å². The van der Waals surface area contributed by atoms with Gasteiger partial charge in [-0.2, -0.15) is 4.99 Å². The number of benzene rings is 3. The summed E-state index contributed by atoms with van der Waals surface area (Å²) in [5, 5.41) is 2.33. The molecule has 0 aliphatic rings. The van der Waals surface area contributed by atoms with Gasteiger partial charge in [-0.25, -0.2) is 0 Å². The number of rotatable bonds is 5. The number of ether oxygens (including phenoxy) is 2. The van der Waals surface area contributed by atoms with Crippen molar-refractivity contribution in [1.82, 2.24) is 4.57 Å². The molecule has 1 heterocycles. The number of methoxy groups -OCH3 is 2. The summed E-state index contributed by atoms with van der Waals surface area (Å²) >= 11 is 1.53. The van der Waals surface area contributed by atoms with Crippen LogP contribution in [0.25, 0.3) is 21.0 Å². The molecule has 0 spiro atoms. The highest BCUT2D eigenvalue weighted by Gasteiger charge is 2.12. The third kappa shape index (κ3) is 3.44. The van der Waals surface area contributed by atoms with Gasteiger partial charge in [0.25, 0.3) is 5.91 Å². The molecule has 3 aromatic carbocycles. The number of nitrogens with zero attached hydrogens (tertiary/aromatic N) is 2. The van der Waals surface area contributed by atoms with E-state index in [1.165, 1.54) is 16.7 Å². The standard InChI is InChI=1S/C22H20N2O3S/c1-26-13-12-24-19-11-10-15-6-3-4-9-18(15)20(19)28-22(24)23-21(25)16-7-5-8-17(14-16)27-2/h3-11,14H,12-13H2,1-2H3. The molecule has 28 heavy (non-hydrogen) atoms. The molecule has 5 nitrogen and oxygen atoms in total. The van der Waals surface area contributed by atoms with Crippen LogP contribution in [-0.4, -0.2) is 31.3 Å². The fourth-order valence-corrected chi connectivity index (χ4v) is 4.38. The van der Waals surface area contributed by atoms with E-state index in [4.69, 9.17) is 9.47 Å². The first kappa shape index (κ1) is 18.4. The van der Waals surface area contributed by atoms with Crippen molar-refractivity contribution in [3.63, 3.8) is 0 Å². The Hall–Kier alpha value is -2.96. The molecule has 0 unspecified atom stereocenters. The van der Waals surface area contributed by atoms with Gasteiger partial charge in [-0.05, 0) is 29.7 Å². The number of carbonyl (C=O) groups excluding carboxylic acids is 1. The minimum absolute atomic E-state index is 0.291.